The van der Waals surface area contributed by atoms with Gasteiger partial charge in [0.1, 0.15) is 5.82 Å². The van der Waals surface area contributed by atoms with E-state index in [9.17, 15) is 4.39 Å². The molecule has 4 heteroatoms. The zero-order chi connectivity index (χ0) is 10.8. The van der Waals surface area contributed by atoms with Gasteiger partial charge in [0.25, 0.3) is 0 Å². The summed E-state index contributed by atoms with van der Waals surface area (Å²) in [6.45, 7) is 2.13. The lowest BCUT2D eigenvalue weighted by Gasteiger charge is -2.14. The van der Waals surface area contributed by atoms with Crippen LogP contribution in [0.1, 0.15) is 24.3 Å². The first-order chi connectivity index (χ1) is 7.22. The van der Waals surface area contributed by atoms with Crippen LogP contribution in [0.3, 0.4) is 0 Å². The average Bonchev–Trinajstić information content (AvgIpc) is 2.66. The molecule has 1 fully saturated rings. The molecule has 0 aliphatic carbocycles. The summed E-state index contributed by atoms with van der Waals surface area (Å²) in [6.07, 6.45) is 1.07. The molecule has 1 heterocycles. The summed E-state index contributed by atoms with van der Waals surface area (Å²) in [5, 5.41) is 3.89. The lowest BCUT2D eigenvalue weighted by Crippen LogP contribution is -2.25. The Bertz CT molecular complexity index is 338. The molecule has 1 aliphatic rings. The van der Waals surface area contributed by atoms with Gasteiger partial charge >= 0.3 is 0 Å². The molecule has 2 rings (SSSR count). The largest absolute Gasteiger partial charge is 0.298 e. The maximum absolute atomic E-state index is 13.6. The van der Waals surface area contributed by atoms with Crippen LogP contribution in [-0.4, -0.2) is 11.8 Å². The van der Waals surface area contributed by atoms with Crippen LogP contribution in [0.25, 0.3) is 0 Å². The molecule has 0 aromatic heterocycles. The molecule has 1 N–H and O–H groups in total. The molecule has 2 atom stereocenters. The van der Waals surface area contributed by atoms with Crippen molar-refractivity contribution in [2.75, 3.05) is 5.75 Å². The molecule has 1 aromatic carbocycles. The number of rotatable bonds is 2. The molecular weight excluding hydrogens is 233 g/mol. The molecule has 1 aliphatic heterocycles. The van der Waals surface area contributed by atoms with Crippen LogP contribution in [0.15, 0.2) is 18.2 Å². The summed E-state index contributed by atoms with van der Waals surface area (Å²) >= 11 is 7.73. The number of hydrogen-bond acceptors (Lipinski definition) is 2. The van der Waals surface area contributed by atoms with Crippen LogP contribution in [-0.2, 0) is 0 Å². The molecule has 0 radical (unpaired) electrons. The van der Waals surface area contributed by atoms with Crippen LogP contribution in [0.5, 0.6) is 0 Å². The maximum Gasteiger partial charge on any atom is 0.130 e. The van der Waals surface area contributed by atoms with Crippen molar-refractivity contribution in [1.29, 1.82) is 0 Å². The second-order valence-electron chi connectivity index (χ2n) is 3.62. The van der Waals surface area contributed by atoms with E-state index in [1.165, 1.54) is 6.07 Å². The molecular formula is C11H13ClFNS. The average molecular weight is 246 g/mol. The van der Waals surface area contributed by atoms with Crippen LogP contribution in [0.4, 0.5) is 4.39 Å². The Balaban J connectivity index is 2.23. The molecule has 2 unspecified atom stereocenters. The van der Waals surface area contributed by atoms with Gasteiger partial charge in [-0.1, -0.05) is 24.6 Å². The zero-order valence-corrected chi connectivity index (χ0v) is 10.0. The van der Waals surface area contributed by atoms with E-state index in [0.717, 1.165) is 12.2 Å². The van der Waals surface area contributed by atoms with E-state index in [1.54, 1.807) is 23.9 Å². The first kappa shape index (κ1) is 11.2. The highest BCUT2D eigenvalue weighted by Crippen LogP contribution is 2.38. The molecule has 0 spiro atoms. The van der Waals surface area contributed by atoms with Crippen molar-refractivity contribution in [2.24, 2.45) is 0 Å². The normalized spacial score (nSPS) is 25.8. The molecule has 0 bridgehead atoms. The van der Waals surface area contributed by atoms with Gasteiger partial charge in [-0.15, -0.1) is 11.8 Å². The monoisotopic (exact) mass is 245 g/mol. The minimum atomic E-state index is -0.218. The standard InChI is InChI=1S/C11H13ClFNS/c1-2-7-6-15-11(14-7)10-8(12)4-3-5-9(10)13/h3-5,7,11,14H,2,6H2,1H3. The van der Waals surface area contributed by atoms with E-state index < -0.39 is 0 Å². The van der Waals surface area contributed by atoms with Gasteiger partial charge in [-0.25, -0.2) is 4.39 Å². The van der Waals surface area contributed by atoms with Crippen LogP contribution in [0, 0.1) is 5.82 Å². The fourth-order valence-electron chi connectivity index (χ4n) is 1.69. The summed E-state index contributed by atoms with van der Waals surface area (Å²) in [6, 6.07) is 5.30. The second-order valence-corrected chi connectivity index (χ2v) is 5.17. The van der Waals surface area contributed by atoms with Crippen LogP contribution >= 0.6 is 23.4 Å². The predicted octanol–water partition coefficient (Wildman–Crippen LogP) is 3.59. The Morgan fingerprint density at radius 3 is 3.00 bits per heavy atom. The summed E-state index contributed by atoms with van der Waals surface area (Å²) in [4.78, 5) is 0. The number of benzene rings is 1. The lowest BCUT2D eigenvalue weighted by molar-refractivity contribution is 0.538. The number of thioether (sulfide) groups is 1. The fourth-order valence-corrected chi connectivity index (χ4v) is 3.47. The maximum atomic E-state index is 13.6. The van der Waals surface area contributed by atoms with E-state index in [0.29, 0.717) is 16.6 Å². The number of nitrogens with one attached hydrogen (secondary N) is 1. The topological polar surface area (TPSA) is 12.0 Å². The first-order valence-corrected chi connectivity index (χ1v) is 6.46. The smallest absolute Gasteiger partial charge is 0.130 e. The molecule has 82 valence electrons. The summed E-state index contributed by atoms with van der Waals surface area (Å²) < 4.78 is 13.6. The Labute approximate surface area is 98.4 Å². The highest BCUT2D eigenvalue weighted by Gasteiger charge is 2.27. The van der Waals surface area contributed by atoms with E-state index >= 15 is 0 Å². The predicted molar refractivity (Wildman–Crippen MR) is 63.8 cm³/mol. The molecule has 0 saturated carbocycles. The third-order valence-corrected chi connectivity index (χ3v) is 4.24. The molecule has 1 saturated heterocycles. The van der Waals surface area contributed by atoms with Crippen molar-refractivity contribution in [2.45, 2.75) is 24.8 Å². The van der Waals surface area contributed by atoms with Crippen molar-refractivity contribution in [3.63, 3.8) is 0 Å². The van der Waals surface area contributed by atoms with Gasteiger partial charge in [0.2, 0.25) is 0 Å². The number of halogens is 2. The second kappa shape index (κ2) is 4.73. The Kier molecular flexibility index (Phi) is 3.54. The summed E-state index contributed by atoms with van der Waals surface area (Å²) in [5.41, 5.74) is 0.597. The van der Waals surface area contributed by atoms with Crippen molar-refractivity contribution in [3.8, 4) is 0 Å². The highest BCUT2D eigenvalue weighted by atomic mass is 35.5. The van der Waals surface area contributed by atoms with E-state index in [-0.39, 0.29) is 11.2 Å². The zero-order valence-electron chi connectivity index (χ0n) is 8.47. The van der Waals surface area contributed by atoms with Gasteiger partial charge < -0.3 is 0 Å². The highest BCUT2D eigenvalue weighted by molar-refractivity contribution is 7.99. The van der Waals surface area contributed by atoms with E-state index in [4.69, 9.17) is 11.6 Å². The molecule has 0 amide bonds. The van der Waals surface area contributed by atoms with Gasteiger partial charge in [-0.05, 0) is 18.6 Å². The molecule has 1 nitrogen and oxygen atoms in total. The van der Waals surface area contributed by atoms with Crippen molar-refractivity contribution in [1.82, 2.24) is 5.32 Å². The van der Waals surface area contributed by atoms with Crippen molar-refractivity contribution < 1.29 is 4.39 Å². The van der Waals surface area contributed by atoms with Gasteiger partial charge in [0.15, 0.2) is 0 Å². The molecule has 1 aromatic rings. The van der Waals surface area contributed by atoms with Gasteiger partial charge in [0.05, 0.1) is 5.37 Å². The van der Waals surface area contributed by atoms with Crippen molar-refractivity contribution in [3.05, 3.63) is 34.6 Å². The first-order valence-electron chi connectivity index (χ1n) is 5.04. The SMILES string of the molecule is CCC1CSC(c2c(F)cccc2Cl)N1. The van der Waals surface area contributed by atoms with Gasteiger partial charge in [0, 0.05) is 22.4 Å². The minimum Gasteiger partial charge on any atom is -0.298 e. The van der Waals surface area contributed by atoms with Crippen molar-refractivity contribution >= 4 is 23.4 Å². The van der Waals surface area contributed by atoms with E-state index in [2.05, 4.69) is 12.2 Å². The quantitative estimate of drug-likeness (QED) is 0.855. The van der Waals surface area contributed by atoms with Gasteiger partial charge in [-0.2, -0.15) is 0 Å². The fraction of sp³-hybridized carbons (Fsp3) is 0.455. The third kappa shape index (κ3) is 2.30. The van der Waals surface area contributed by atoms with Crippen LogP contribution in [0.2, 0.25) is 5.02 Å². The summed E-state index contributed by atoms with van der Waals surface area (Å²) in [7, 11) is 0. The Morgan fingerprint density at radius 1 is 1.60 bits per heavy atom. The Hall–Kier alpha value is -0.250. The summed E-state index contributed by atoms with van der Waals surface area (Å²) in [5.74, 6) is 0.801. The van der Waals surface area contributed by atoms with Crippen LogP contribution < -0.4 is 5.32 Å². The van der Waals surface area contributed by atoms with Gasteiger partial charge in [-0.3, -0.25) is 5.32 Å². The van der Waals surface area contributed by atoms with E-state index in [1.807, 2.05) is 0 Å². The third-order valence-electron chi connectivity index (χ3n) is 2.61. The number of hydrogen-bond donors (Lipinski definition) is 1. The molecule has 15 heavy (non-hydrogen) atoms. The lowest BCUT2D eigenvalue weighted by atomic mass is 10.2. The minimum absolute atomic E-state index is 0.00338. The Morgan fingerprint density at radius 2 is 2.40 bits per heavy atom.